The van der Waals surface area contributed by atoms with Crippen molar-refractivity contribution in [1.82, 2.24) is 15.1 Å². The lowest BCUT2D eigenvalue weighted by atomic mass is 10.0. The number of nitrogens with zero attached hydrogens (tertiary/aromatic N) is 2. The minimum atomic E-state index is -0.332. The Balaban J connectivity index is 1.26. The maximum atomic E-state index is 13.7. The van der Waals surface area contributed by atoms with E-state index in [1.54, 1.807) is 41.3 Å². The van der Waals surface area contributed by atoms with Crippen molar-refractivity contribution < 1.29 is 14.0 Å². The highest BCUT2D eigenvalue weighted by atomic mass is 35.5. The Kier molecular flexibility index (Phi) is 11.6. The van der Waals surface area contributed by atoms with E-state index < -0.39 is 0 Å². The van der Waals surface area contributed by atoms with Crippen LogP contribution in [0.15, 0.2) is 54.6 Å². The van der Waals surface area contributed by atoms with E-state index in [2.05, 4.69) is 10.2 Å². The molecule has 5 nitrogen and oxygen atoms in total. The highest BCUT2D eigenvalue weighted by molar-refractivity contribution is 6.42. The van der Waals surface area contributed by atoms with Crippen LogP contribution >= 0.6 is 23.2 Å². The standard InChI is InChI=1S/C29H34Cl2FN3O2/c1-34(29(37)14-11-23-7-3-4-8-27(23)32)24-15-19-35(20-16-24)18-6-2-5-17-33-28(36)13-10-22-9-12-25(30)26(31)21-22/h3-4,7-14,21,24H,2,5-6,15-20H2,1H3,(H,33,36)/b13-10+,14-11+. The molecule has 0 aromatic heterocycles. The lowest BCUT2D eigenvalue weighted by molar-refractivity contribution is -0.127. The minimum absolute atomic E-state index is 0.101. The number of hydrogen-bond donors (Lipinski definition) is 1. The largest absolute Gasteiger partial charge is 0.353 e. The first-order valence-electron chi connectivity index (χ1n) is 12.7. The number of carbonyl (C=O) groups is 2. The summed E-state index contributed by atoms with van der Waals surface area (Å²) >= 11 is 11.9. The van der Waals surface area contributed by atoms with E-state index in [0.717, 1.165) is 57.3 Å². The van der Waals surface area contributed by atoms with Crippen molar-refractivity contribution in [3.8, 4) is 0 Å². The molecule has 2 aromatic carbocycles. The summed E-state index contributed by atoms with van der Waals surface area (Å²) in [5, 5.41) is 3.86. The van der Waals surface area contributed by atoms with Gasteiger partial charge in [0.1, 0.15) is 5.82 Å². The molecule has 0 bridgehead atoms. The van der Waals surface area contributed by atoms with E-state index in [0.29, 0.717) is 22.2 Å². The average Bonchev–Trinajstić information content (AvgIpc) is 2.90. The van der Waals surface area contributed by atoms with Gasteiger partial charge in [-0.05, 0) is 68.1 Å². The van der Waals surface area contributed by atoms with Crippen molar-refractivity contribution in [2.75, 3.05) is 33.2 Å². The molecule has 0 atom stereocenters. The number of halogens is 3. The number of benzene rings is 2. The smallest absolute Gasteiger partial charge is 0.246 e. The quantitative estimate of drug-likeness (QED) is 0.275. The van der Waals surface area contributed by atoms with Crippen LogP contribution in [0.1, 0.15) is 43.2 Å². The predicted molar refractivity (Wildman–Crippen MR) is 150 cm³/mol. The molecule has 0 aliphatic carbocycles. The number of likely N-dealkylation sites (tertiary alicyclic amines) is 1. The molecule has 1 aliphatic heterocycles. The number of likely N-dealkylation sites (N-methyl/N-ethyl adjacent to an activating group) is 1. The lowest BCUT2D eigenvalue weighted by Gasteiger charge is -2.36. The molecule has 198 valence electrons. The summed E-state index contributed by atoms with van der Waals surface area (Å²) in [5.74, 6) is -0.562. The number of hydrogen-bond acceptors (Lipinski definition) is 3. The van der Waals surface area contributed by atoms with E-state index in [-0.39, 0.29) is 23.7 Å². The lowest BCUT2D eigenvalue weighted by Crippen LogP contribution is -2.45. The molecular formula is C29H34Cl2FN3O2. The van der Waals surface area contributed by atoms with E-state index >= 15 is 0 Å². The van der Waals surface area contributed by atoms with Crippen LogP contribution < -0.4 is 5.32 Å². The van der Waals surface area contributed by atoms with Gasteiger partial charge in [-0.1, -0.05) is 53.9 Å². The number of rotatable bonds is 11. The molecule has 8 heteroatoms. The fraction of sp³-hybridized carbons (Fsp3) is 0.379. The molecular weight excluding hydrogens is 512 g/mol. The summed E-state index contributed by atoms with van der Waals surface area (Å²) in [5.41, 5.74) is 1.24. The zero-order valence-corrected chi connectivity index (χ0v) is 22.6. The second-order valence-electron chi connectivity index (χ2n) is 9.24. The van der Waals surface area contributed by atoms with Crippen molar-refractivity contribution in [3.05, 3.63) is 81.6 Å². The van der Waals surface area contributed by atoms with Crippen LogP contribution in [-0.2, 0) is 9.59 Å². The third-order valence-electron chi connectivity index (χ3n) is 6.58. The number of unbranched alkanes of at least 4 members (excludes halogenated alkanes) is 2. The maximum absolute atomic E-state index is 13.7. The van der Waals surface area contributed by atoms with E-state index in [1.807, 2.05) is 13.1 Å². The Bertz CT molecular complexity index is 1110. The first-order chi connectivity index (χ1) is 17.8. The molecule has 0 spiro atoms. The molecule has 2 amide bonds. The Hall–Kier alpha value is -2.67. The van der Waals surface area contributed by atoms with Crippen LogP contribution in [0.5, 0.6) is 0 Å². The summed E-state index contributed by atoms with van der Waals surface area (Å²) < 4.78 is 13.7. The second-order valence-corrected chi connectivity index (χ2v) is 10.0. The summed E-state index contributed by atoms with van der Waals surface area (Å²) in [6.07, 6.45) is 11.1. The number of amides is 2. The van der Waals surface area contributed by atoms with Crippen LogP contribution in [-0.4, -0.2) is 60.9 Å². The highest BCUT2D eigenvalue weighted by Crippen LogP contribution is 2.23. The predicted octanol–water partition coefficient (Wildman–Crippen LogP) is 6.07. The summed E-state index contributed by atoms with van der Waals surface area (Å²) in [6.45, 7) is 3.56. The van der Waals surface area contributed by atoms with Crippen LogP contribution in [0.4, 0.5) is 4.39 Å². The molecule has 0 saturated carbocycles. The van der Waals surface area contributed by atoms with Gasteiger partial charge in [-0.3, -0.25) is 9.59 Å². The third-order valence-corrected chi connectivity index (χ3v) is 7.32. The molecule has 3 rings (SSSR count). The van der Waals surface area contributed by atoms with Gasteiger partial charge >= 0.3 is 0 Å². The Morgan fingerprint density at radius 1 is 1.03 bits per heavy atom. The zero-order valence-electron chi connectivity index (χ0n) is 21.1. The van der Waals surface area contributed by atoms with E-state index in [4.69, 9.17) is 23.2 Å². The fourth-order valence-corrected chi connectivity index (χ4v) is 4.60. The van der Waals surface area contributed by atoms with Crippen molar-refractivity contribution in [2.24, 2.45) is 0 Å². The van der Waals surface area contributed by atoms with Gasteiger partial charge in [0.2, 0.25) is 11.8 Å². The summed E-state index contributed by atoms with van der Waals surface area (Å²) in [4.78, 5) is 28.7. The van der Waals surface area contributed by atoms with Crippen molar-refractivity contribution in [3.63, 3.8) is 0 Å². The van der Waals surface area contributed by atoms with Crippen LogP contribution in [0.2, 0.25) is 10.0 Å². The van der Waals surface area contributed by atoms with Gasteiger partial charge in [0, 0.05) is 50.4 Å². The monoisotopic (exact) mass is 545 g/mol. The molecule has 37 heavy (non-hydrogen) atoms. The molecule has 1 heterocycles. The van der Waals surface area contributed by atoms with Gasteiger partial charge in [0.25, 0.3) is 0 Å². The molecule has 1 N–H and O–H groups in total. The molecule has 0 unspecified atom stereocenters. The first kappa shape index (κ1) is 28.9. The van der Waals surface area contributed by atoms with Crippen molar-refractivity contribution >= 4 is 47.2 Å². The molecule has 1 fully saturated rings. The molecule has 1 saturated heterocycles. The summed E-state index contributed by atoms with van der Waals surface area (Å²) in [6, 6.07) is 11.9. The average molecular weight is 547 g/mol. The molecule has 2 aromatic rings. The Morgan fingerprint density at radius 3 is 2.51 bits per heavy atom. The van der Waals surface area contributed by atoms with Gasteiger partial charge in [-0.2, -0.15) is 0 Å². The van der Waals surface area contributed by atoms with Gasteiger partial charge in [0.05, 0.1) is 10.0 Å². The SMILES string of the molecule is CN(C(=O)/C=C/c1ccccc1F)C1CCN(CCCCCNC(=O)/C=C/c2ccc(Cl)c(Cl)c2)CC1. The third kappa shape index (κ3) is 9.62. The van der Waals surface area contributed by atoms with Gasteiger partial charge < -0.3 is 15.1 Å². The highest BCUT2D eigenvalue weighted by Gasteiger charge is 2.24. The zero-order chi connectivity index (χ0) is 26.6. The normalized spacial score (nSPS) is 14.9. The van der Waals surface area contributed by atoms with Gasteiger partial charge in [-0.15, -0.1) is 0 Å². The van der Waals surface area contributed by atoms with Crippen molar-refractivity contribution in [2.45, 2.75) is 38.1 Å². The summed E-state index contributed by atoms with van der Waals surface area (Å²) in [7, 11) is 1.82. The number of carbonyl (C=O) groups excluding carboxylic acids is 2. The maximum Gasteiger partial charge on any atom is 0.246 e. The molecule has 0 radical (unpaired) electrons. The fourth-order valence-electron chi connectivity index (χ4n) is 4.29. The van der Waals surface area contributed by atoms with Crippen LogP contribution in [0, 0.1) is 5.82 Å². The molecule has 1 aliphatic rings. The minimum Gasteiger partial charge on any atom is -0.353 e. The van der Waals surface area contributed by atoms with Crippen molar-refractivity contribution in [1.29, 1.82) is 0 Å². The topological polar surface area (TPSA) is 52.7 Å². The van der Waals surface area contributed by atoms with Gasteiger partial charge in [0.15, 0.2) is 0 Å². The van der Waals surface area contributed by atoms with Gasteiger partial charge in [-0.25, -0.2) is 4.39 Å². The second kappa shape index (κ2) is 14.9. The van der Waals surface area contributed by atoms with E-state index in [1.165, 1.54) is 24.3 Å². The van der Waals surface area contributed by atoms with E-state index in [9.17, 15) is 14.0 Å². The van der Waals surface area contributed by atoms with Crippen LogP contribution in [0.3, 0.4) is 0 Å². The Morgan fingerprint density at radius 2 is 1.78 bits per heavy atom. The Labute approximate surface area is 228 Å². The number of piperidine rings is 1. The first-order valence-corrected chi connectivity index (χ1v) is 13.4. The van der Waals surface area contributed by atoms with Crippen LogP contribution in [0.25, 0.3) is 12.2 Å². The number of nitrogens with one attached hydrogen (secondary N) is 1.